The Morgan fingerprint density at radius 1 is 1.35 bits per heavy atom. The van der Waals surface area contributed by atoms with Gasteiger partial charge in [0.25, 0.3) is 5.91 Å². The van der Waals surface area contributed by atoms with E-state index in [1.54, 1.807) is 13.2 Å². The Morgan fingerprint density at radius 2 is 2.05 bits per heavy atom. The highest BCUT2D eigenvalue weighted by Gasteiger charge is 2.27. The molecule has 1 aliphatic carbocycles. The SMILES string of the molecule is COc1cc(C(=O)NCC2(N)CCCCC2)ccc1C. The highest BCUT2D eigenvalue weighted by atomic mass is 16.5. The molecule has 1 aromatic carbocycles. The zero-order valence-electron chi connectivity index (χ0n) is 12.4. The van der Waals surface area contributed by atoms with E-state index in [9.17, 15) is 4.79 Å². The highest BCUT2D eigenvalue weighted by molar-refractivity contribution is 5.94. The first kappa shape index (κ1) is 14.9. The fourth-order valence-electron chi connectivity index (χ4n) is 2.75. The molecule has 1 saturated carbocycles. The Labute approximate surface area is 120 Å². The second-order valence-corrected chi connectivity index (χ2v) is 5.79. The number of nitrogens with two attached hydrogens (primary N) is 1. The van der Waals surface area contributed by atoms with E-state index in [2.05, 4.69) is 5.32 Å². The fourth-order valence-corrected chi connectivity index (χ4v) is 2.75. The van der Waals surface area contributed by atoms with Crippen molar-refractivity contribution in [3.63, 3.8) is 0 Å². The maximum Gasteiger partial charge on any atom is 0.251 e. The minimum absolute atomic E-state index is 0.0845. The molecule has 0 radical (unpaired) electrons. The summed E-state index contributed by atoms with van der Waals surface area (Å²) in [6.07, 6.45) is 5.55. The first-order chi connectivity index (χ1) is 9.54. The quantitative estimate of drug-likeness (QED) is 0.887. The summed E-state index contributed by atoms with van der Waals surface area (Å²) in [6, 6.07) is 5.48. The summed E-state index contributed by atoms with van der Waals surface area (Å²) in [6.45, 7) is 2.50. The van der Waals surface area contributed by atoms with Crippen LogP contribution in [0.4, 0.5) is 0 Å². The van der Waals surface area contributed by atoms with Crippen molar-refractivity contribution in [2.75, 3.05) is 13.7 Å². The van der Waals surface area contributed by atoms with Crippen molar-refractivity contribution in [3.8, 4) is 5.75 Å². The number of hydrogen-bond acceptors (Lipinski definition) is 3. The van der Waals surface area contributed by atoms with Crippen molar-refractivity contribution in [2.24, 2.45) is 5.73 Å². The number of ether oxygens (including phenoxy) is 1. The van der Waals surface area contributed by atoms with Crippen molar-refractivity contribution >= 4 is 5.91 Å². The summed E-state index contributed by atoms with van der Waals surface area (Å²) in [7, 11) is 1.61. The van der Waals surface area contributed by atoms with E-state index in [0.717, 1.165) is 37.0 Å². The number of aryl methyl sites for hydroxylation is 1. The van der Waals surface area contributed by atoms with Gasteiger partial charge in [-0.25, -0.2) is 0 Å². The molecule has 1 aromatic rings. The second-order valence-electron chi connectivity index (χ2n) is 5.79. The van der Waals surface area contributed by atoms with Crippen LogP contribution in [0, 0.1) is 6.92 Å². The van der Waals surface area contributed by atoms with Gasteiger partial charge >= 0.3 is 0 Å². The molecule has 4 heteroatoms. The predicted molar refractivity (Wildman–Crippen MR) is 80.1 cm³/mol. The molecule has 0 spiro atoms. The summed E-state index contributed by atoms with van der Waals surface area (Å²) in [4.78, 5) is 12.2. The number of amides is 1. The lowest BCUT2D eigenvalue weighted by atomic mass is 9.82. The van der Waals surface area contributed by atoms with E-state index in [0.29, 0.717) is 12.1 Å². The van der Waals surface area contributed by atoms with E-state index < -0.39 is 0 Å². The minimum atomic E-state index is -0.233. The first-order valence-electron chi connectivity index (χ1n) is 7.26. The number of hydrogen-bond donors (Lipinski definition) is 2. The Bertz CT molecular complexity index is 479. The normalized spacial score (nSPS) is 17.6. The van der Waals surface area contributed by atoms with Gasteiger partial charge in [-0.3, -0.25) is 4.79 Å². The first-order valence-corrected chi connectivity index (χ1v) is 7.26. The van der Waals surface area contributed by atoms with Crippen LogP contribution in [0.3, 0.4) is 0 Å². The van der Waals surface area contributed by atoms with Crippen LogP contribution < -0.4 is 15.8 Å². The lowest BCUT2D eigenvalue weighted by Crippen LogP contribution is -2.51. The van der Waals surface area contributed by atoms with Gasteiger partial charge in [0.05, 0.1) is 7.11 Å². The lowest BCUT2D eigenvalue weighted by Gasteiger charge is -2.33. The molecule has 1 aliphatic rings. The molecule has 0 heterocycles. The molecule has 1 fully saturated rings. The maximum atomic E-state index is 12.2. The van der Waals surface area contributed by atoms with Crippen LogP contribution in [-0.2, 0) is 0 Å². The molecule has 2 rings (SSSR count). The van der Waals surface area contributed by atoms with Gasteiger partial charge in [0.2, 0.25) is 0 Å². The topological polar surface area (TPSA) is 64.3 Å². The largest absolute Gasteiger partial charge is 0.496 e. The zero-order chi connectivity index (χ0) is 14.6. The van der Waals surface area contributed by atoms with Gasteiger partial charge in [0, 0.05) is 17.6 Å². The third-order valence-electron chi connectivity index (χ3n) is 4.12. The summed E-state index contributed by atoms with van der Waals surface area (Å²) in [5.74, 6) is 0.650. The number of benzene rings is 1. The van der Waals surface area contributed by atoms with Gasteiger partial charge in [-0.1, -0.05) is 25.3 Å². The molecule has 1 amide bonds. The van der Waals surface area contributed by atoms with Crippen molar-refractivity contribution < 1.29 is 9.53 Å². The number of nitrogens with one attached hydrogen (secondary N) is 1. The monoisotopic (exact) mass is 276 g/mol. The zero-order valence-corrected chi connectivity index (χ0v) is 12.4. The van der Waals surface area contributed by atoms with Crippen LogP contribution in [0.1, 0.15) is 48.0 Å². The molecule has 0 aliphatic heterocycles. The summed E-state index contributed by atoms with van der Waals surface area (Å²) < 4.78 is 5.25. The highest BCUT2D eigenvalue weighted by Crippen LogP contribution is 2.25. The molecule has 0 atom stereocenters. The lowest BCUT2D eigenvalue weighted by molar-refractivity contribution is 0.0937. The Morgan fingerprint density at radius 3 is 2.70 bits per heavy atom. The van der Waals surface area contributed by atoms with Crippen LogP contribution in [-0.4, -0.2) is 25.1 Å². The maximum absolute atomic E-state index is 12.2. The van der Waals surface area contributed by atoms with Gasteiger partial charge in [-0.05, 0) is 37.5 Å². The van der Waals surface area contributed by atoms with E-state index in [1.165, 1.54) is 6.42 Å². The van der Waals surface area contributed by atoms with Crippen LogP contribution in [0.5, 0.6) is 5.75 Å². The van der Waals surface area contributed by atoms with Crippen LogP contribution >= 0.6 is 0 Å². The van der Waals surface area contributed by atoms with E-state index in [-0.39, 0.29) is 11.4 Å². The molecule has 0 unspecified atom stereocenters. The van der Waals surface area contributed by atoms with Crippen molar-refractivity contribution in [3.05, 3.63) is 29.3 Å². The van der Waals surface area contributed by atoms with E-state index in [4.69, 9.17) is 10.5 Å². The third kappa shape index (κ3) is 3.51. The number of carbonyl (C=O) groups excluding carboxylic acids is 1. The summed E-state index contributed by atoms with van der Waals surface area (Å²) in [5, 5.41) is 2.96. The van der Waals surface area contributed by atoms with Crippen molar-refractivity contribution in [2.45, 2.75) is 44.6 Å². The van der Waals surface area contributed by atoms with Gasteiger partial charge in [-0.2, -0.15) is 0 Å². The summed E-state index contributed by atoms with van der Waals surface area (Å²) >= 11 is 0. The molecular weight excluding hydrogens is 252 g/mol. The van der Waals surface area contributed by atoms with Gasteiger partial charge in [-0.15, -0.1) is 0 Å². The van der Waals surface area contributed by atoms with Crippen molar-refractivity contribution in [1.82, 2.24) is 5.32 Å². The standard InChI is InChI=1S/C16H24N2O2/c1-12-6-7-13(10-14(12)20-2)15(19)18-11-16(17)8-4-3-5-9-16/h6-7,10H,3-5,8-9,11,17H2,1-2H3,(H,18,19). The van der Waals surface area contributed by atoms with Crippen LogP contribution in [0.2, 0.25) is 0 Å². The van der Waals surface area contributed by atoms with Gasteiger partial charge in [0.15, 0.2) is 0 Å². The van der Waals surface area contributed by atoms with Crippen molar-refractivity contribution in [1.29, 1.82) is 0 Å². The van der Waals surface area contributed by atoms with E-state index >= 15 is 0 Å². The molecule has 0 bridgehead atoms. The average Bonchev–Trinajstić information content (AvgIpc) is 2.46. The Balaban J connectivity index is 1.98. The molecule has 3 N–H and O–H groups in total. The molecular formula is C16H24N2O2. The van der Waals surface area contributed by atoms with E-state index in [1.807, 2.05) is 19.1 Å². The minimum Gasteiger partial charge on any atom is -0.496 e. The fraction of sp³-hybridized carbons (Fsp3) is 0.562. The number of methoxy groups -OCH3 is 1. The molecule has 4 nitrogen and oxygen atoms in total. The molecule has 0 saturated heterocycles. The van der Waals surface area contributed by atoms with Crippen LogP contribution in [0.25, 0.3) is 0 Å². The smallest absolute Gasteiger partial charge is 0.251 e. The average molecular weight is 276 g/mol. The molecule has 20 heavy (non-hydrogen) atoms. The Hall–Kier alpha value is -1.55. The molecule has 0 aromatic heterocycles. The van der Waals surface area contributed by atoms with Crippen LogP contribution in [0.15, 0.2) is 18.2 Å². The Kier molecular flexibility index (Phi) is 4.65. The predicted octanol–water partition coefficient (Wildman–Crippen LogP) is 2.40. The van der Waals surface area contributed by atoms with Gasteiger partial charge in [0.1, 0.15) is 5.75 Å². The third-order valence-corrected chi connectivity index (χ3v) is 4.12. The number of rotatable bonds is 4. The number of carbonyl (C=O) groups is 1. The second kappa shape index (κ2) is 6.27. The summed E-state index contributed by atoms with van der Waals surface area (Å²) in [5.41, 5.74) is 7.73. The van der Waals surface area contributed by atoms with Gasteiger partial charge < -0.3 is 15.8 Å². The molecule has 110 valence electrons.